The Morgan fingerprint density at radius 3 is 0.791 bits per heavy atom. The number of carbonyl (C=O) groups excluding carboxylic acids is 1. The lowest BCUT2D eigenvalue weighted by molar-refractivity contribution is -0.325. The number of carbonyl (C=O) groups is 1. The zero-order valence-electron chi connectivity index (χ0n) is 68.1. The van der Waals surface area contributed by atoms with E-state index in [2.05, 4.69) is 214 Å². The molecule has 110 heavy (non-hydrogen) atoms. The van der Waals surface area contributed by atoms with Crippen LogP contribution in [0.4, 0.5) is 5.69 Å². The molecule has 0 bridgehead atoms. The van der Waals surface area contributed by atoms with Gasteiger partial charge in [-0.2, -0.15) is 58.9 Å². The maximum absolute atomic E-state index is 12.2. The molecule has 2 aliphatic heterocycles. The normalized spacial score (nSPS) is 20.4. The highest BCUT2D eigenvalue weighted by Crippen LogP contribution is 2.41. The van der Waals surface area contributed by atoms with Crippen molar-refractivity contribution in [3.8, 4) is 0 Å². The number of benzene rings is 1. The maximum Gasteiger partial charge on any atom is 0.397 e. The number of amides is 1. The second-order valence-corrected chi connectivity index (χ2v) is 31.3. The molecule has 2 aliphatic rings. The molecule has 3 rings (SSSR count). The van der Waals surface area contributed by atoms with E-state index in [0.29, 0.717) is 11.8 Å². The summed E-state index contributed by atoms with van der Waals surface area (Å²) in [6.45, 7) is 68.5. The SMILES string of the molecule is CC(=O)Nc1ccc(S[C@@H]2O[C@H](COS(=O)(=O)O)[C@@H](O[C@@H]3O[C@H](COS(=O)(=O)O)[C@@H](OS(=O)(=O)O)[C@H](OS(=O)(=O)O)[C@H]3OS(=O)(=O)O)[C@H](OS(=O)(=O)O)[C@H]2OS(=O)(=O)O)cc1.CCN(CC)CC.CCN(CC)CC.CCN(CC)CC.CCN(CC)CC.CCN(CC)CC.CCN(CC)CC.CCN(CC)CC. The molecule has 1 aromatic rings. The van der Waals surface area contributed by atoms with Crippen LogP contribution in [0, 0.1) is 0 Å². The molecule has 10 atom stereocenters. The summed E-state index contributed by atoms with van der Waals surface area (Å²) >= 11 is 0.294. The Morgan fingerprint density at radius 2 is 0.564 bits per heavy atom. The second-order valence-electron chi connectivity index (χ2n) is 22.7. The highest BCUT2D eigenvalue weighted by Gasteiger charge is 2.59. The van der Waals surface area contributed by atoms with Crippen LogP contribution in [0.1, 0.15) is 152 Å². The number of ether oxygens (including phenoxy) is 3. The molecule has 0 radical (unpaired) electrons. The first-order chi connectivity index (χ1) is 50.8. The topological polar surface area (TPSA) is 525 Å². The predicted octanol–water partition coefficient (Wildman–Crippen LogP) is 5.59. The van der Waals surface area contributed by atoms with Gasteiger partial charge in [-0.1, -0.05) is 157 Å². The highest BCUT2D eigenvalue weighted by molar-refractivity contribution is 7.99. The molecule has 40 nitrogen and oxygen atoms in total. The maximum atomic E-state index is 12.2. The Morgan fingerprint density at radius 1 is 0.336 bits per heavy atom. The van der Waals surface area contributed by atoms with Crippen molar-refractivity contribution < 1.29 is 139 Å². The van der Waals surface area contributed by atoms with Crippen LogP contribution in [-0.4, -0.2) is 342 Å². The quantitative estimate of drug-likeness (QED) is 0.0370. The van der Waals surface area contributed by atoms with E-state index >= 15 is 0 Å². The summed E-state index contributed by atoms with van der Waals surface area (Å²) in [7, 11) is -41.4. The second kappa shape index (κ2) is 62.0. The first-order valence-electron chi connectivity index (χ1n) is 36.4. The molecule has 1 amide bonds. The fourth-order valence-corrected chi connectivity index (χ4v) is 14.0. The Balaban J connectivity index is -0.000000593. The van der Waals surface area contributed by atoms with Crippen molar-refractivity contribution in [2.24, 2.45) is 0 Å². The van der Waals surface area contributed by atoms with Crippen molar-refractivity contribution in [1.82, 2.24) is 34.3 Å². The minimum atomic E-state index is -6.13. The first kappa shape index (κ1) is 116. The van der Waals surface area contributed by atoms with Gasteiger partial charge in [0, 0.05) is 17.5 Å². The zero-order chi connectivity index (χ0) is 86.6. The van der Waals surface area contributed by atoms with Crippen LogP contribution in [0.3, 0.4) is 0 Å². The molecule has 1 aromatic carbocycles. The molecule has 0 unspecified atom stereocenters. The average Bonchev–Trinajstić information content (AvgIpc) is 0.758. The summed E-state index contributed by atoms with van der Waals surface area (Å²) in [5, 5.41) is 2.38. The number of rotatable bonds is 42. The Labute approximate surface area is 663 Å². The van der Waals surface area contributed by atoms with Crippen LogP contribution in [0.2, 0.25) is 0 Å². The molecule has 662 valence electrons. The Hall–Kier alpha value is -2.27. The van der Waals surface area contributed by atoms with Crippen LogP contribution < -0.4 is 5.32 Å². The van der Waals surface area contributed by atoms with Crippen LogP contribution >= 0.6 is 11.8 Å². The molecule has 2 saturated heterocycles. The lowest BCUT2D eigenvalue weighted by atomic mass is 9.97. The summed E-state index contributed by atoms with van der Waals surface area (Å²) in [6, 6.07) is 4.81. The molecular weight excluding hydrogens is 1630 g/mol. The molecule has 8 N–H and O–H groups in total. The smallest absolute Gasteiger partial charge is 0.356 e. The number of nitrogens with zero attached hydrogens (tertiary/aromatic N) is 7. The van der Waals surface area contributed by atoms with Gasteiger partial charge in [-0.3, -0.25) is 36.7 Å². The number of hydrogen-bond acceptors (Lipinski definition) is 33. The zero-order valence-corrected chi connectivity index (χ0v) is 74.6. The van der Waals surface area contributed by atoms with Gasteiger partial charge in [0.15, 0.2) is 12.4 Å². The van der Waals surface area contributed by atoms with Crippen molar-refractivity contribution in [3.63, 3.8) is 0 Å². The van der Waals surface area contributed by atoms with E-state index in [-0.39, 0.29) is 10.6 Å². The lowest BCUT2D eigenvalue weighted by Crippen LogP contribution is -2.66. The summed E-state index contributed by atoms with van der Waals surface area (Å²) in [4.78, 5) is 28.0. The third-order valence-electron chi connectivity index (χ3n) is 16.2. The summed E-state index contributed by atoms with van der Waals surface area (Å²) in [6.07, 6.45) is -26.7. The Kier molecular flexibility index (Phi) is 65.5. The van der Waals surface area contributed by atoms with Crippen molar-refractivity contribution in [2.75, 3.05) is 156 Å². The lowest BCUT2D eigenvalue weighted by Gasteiger charge is -2.48. The van der Waals surface area contributed by atoms with Gasteiger partial charge in [-0.25, -0.2) is 29.3 Å². The van der Waals surface area contributed by atoms with Crippen LogP contribution in [0.15, 0.2) is 29.2 Å². The largest absolute Gasteiger partial charge is 0.397 e. The molecule has 2 fully saturated rings. The van der Waals surface area contributed by atoms with Crippen LogP contribution in [0.25, 0.3) is 0 Å². The van der Waals surface area contributed by atoms with Gasteiger partial charge in [0.25, 0.3) is 0 Å². The standard InChI is InChI=1S/C20H29NO32S8.7C6H15N/c1-8(22)21-9-2-4-10(5-3-9)54-20-18(53-61(41,42)43)15(50-58(32,33)34)13(11(47-20)6-44-55(23,24)25)48-19-17(52-60(38,39)40)16(51-59(35,36)37)14(49-57(29,30)31)12(46-19)7-45-56(26,27)28;7*1-4-7(5-2)6-3/h2-5,11-20H,6-7H2,1H3,(H,21,22)(H,23,24,25)(H,26,27,28)(H,29,30,31)(H,32,33,34)(H,35,36,37)(H,38,39,40)(H,41,42,43);7*4-6H2,1-3H3/t11-,12-,13-,14-,15+,16+,17-,18-,19+,20+;;;;;;;/m1......./s1. The third-order valence-corrected chi connectivity index (χ3v) is 20.6. The van der Waals surface area contributed by atoms with Gasteiger partial charge in [0.2, 0.25) is 5.91 Å². The number of hydrogen-bond donors (Lipinski definition) is 8. The van der Waals surface area contributed by atoms with Gasteiger partial charge in [0.1, 0.15) is 48.2 Å². The number of nitrogens with one attached hydrogen (secondary N) is 1. The van der Waals surface area contributed by atoms with Crippen molar-refractivity contribution >= 4 is 96.1 Å². The molecule has 0 saturated carbocycles. The number of thioether (sulfide) groups is 1. The molecule has 48 heteroatoms. The first-order valence-corrected chi connectivity index (χ1v) is 46.8. The highest BCUT2D eigenvalue weighted by atomic mass is 32.3. The molecule has 0 spiro atoms. The Bertz CT molecular complexity index is 3170. The molecule has 0 aliphatic carbocycles. The summed E-state index contributed by atoms with van der Waals surface area (Å²) < 4.78 is 278. The van der Waals surface area contributed by atoms with E-state index in [1.807, 2.05) is 0 Å². The van der Waals surface area contributed by atoms with Crippen LogP contribution in [-0.2, 0) is 121 Å². The average molecular weight is 1760 g/mol. The molecule has 0 aromatic heterocycles. The third kappa shape index (κ3) is 60.3. The van der Waals surface area contributed by atoms with E-state index in [0.717, 1.165) is 6.92 Å². The van der Waals surface area contributed by atoms with E-state index in [4.69, 9.17) is 18.8 Å². The minimum absolute atomic E-state index is 0.0450. The minimum Gasteiger partial charge on any atom is -0.356 e. The van der Waals surface area contributed by atoms with E-state index in [1.165, 1.54) is 162 Å². The molecular formula is C62H134N8O32S8. The summed E-state index contributed by atoms with van der Waals surface area (Å²) in [5.41, 5.74) is -2.03. The van der Waals surface area contributed by atoms with E-state index in [9.17, 15) is 91.0 Å². The van der Waals surface area contributed by atoms with E-state index < -0.39 is 152 Å². The van der Waals surface area contributed by atoms with Gasteiger partial charge in [0.05, 0.1) is 13.2 Å². The van der Waals surface area contributed by atoms with Gasteiger partial charge < -0.3 is 53.8 Å². The van der Waals surface area contributed by atoms with Crippen molar-refractivity contribution in [1.29, 1.82) is 0 Å². The van der Waals surface area contributed by atoms with E-state index in [1.54, 1.807) is 0 Å². The summed E-state index contributed by atoms with van der Waals surface area (Å²) in [5.74, 6) is -0.545. The van der Waals surface area contributed by atoms with Gasteiger partial charge in [-0.15, -0.1) is 0 Å². The van der Waals surface area contributed by atoms with Crippen LogP contribution in [0.5, 0.6) is 0 Å². The molecule has 2 heterocycles. The fraction of sp³-hybridized carbons (Fsp3) is 0.887. The van der Waals surface area contributed by atoms with Gasteiger partial charge in [-0.05, 0) is 162 Å². The predicted molar refractivity (Wildman–Crippen MR) is 420 cm³/mol. The monoisotopic (exact) mass is 1760 g/mol. The van der Waals surface area contributed by atoms with Crippen molar-refractivity contribution in [2.45, 2.75) is 218 Å². The fourth-order valence-electron chi connectivity index (χ4n) is 9.75. The number of anilines is 1. The van der Waals surface area contributed by atoms with Crippen molar-refractivity contribution in [3.05, 3.63) is 24.3 Å². The van der Waals surface area contributed by atoms with Gasteiger partial charge >= 0.3 is 72.8 Å².